The van der Waals surface area contributed by atoms with Crippen molar-refractivity contribution < 1.29 is 27.5 Å². The first kappa shape index (κ1) is 22.7. The Morgan fingerprint density at radius 1 is 1.06 bits per heavy atom. The van der Waals surface area contributed by atoms with Crippen molar-refractivity contribution >= 4 is 23.5 Å². The highest BCUT2D eigenvalue weighted by Gasteiger charge is 2.32. The molecule has 0 aliphatic heterocycles. The standard InChI is InChI=1S/C22H19F3N4O3/c1-13-8-16(14-4-3-5-15(10-14)20(31)27-12-19(30)32-2)11-17(9-13)28-21-26-7-6-18(29-21)22(23,24)25/h3-11H,12H2,1-2H3,(H,27,31)(H,26,28,29). The molecule has 0 aliphatic rings. The number of carbonyl (C=O) groups excluding carboxylic acids is 2. The Balaban J connectivity index is 1.85. The number of nitrogens with one attached hydrogen (secondary N) is 2. The van der Waals surface area contributed by atoms with Gasteiger partial charge in [0.25, 0.3) is 5.91 Å². The largest absolute Gasteiger partial charge is 0.468 e. The highest BCUT2D eigenvalue weighted by Crippen LogP contribution is 2.29. The van der Waals surface area contributed by atoms with Gasteiger partial charge in [0.1, 0.15) is 12.2 Å². The van der Waals surface area contributed by atoms with Gasteiger partial charge < -0.3 is 15.4 Å². The number of esters is 1. The SMILES string of the molecule is COC(=O)CNC(=O)c1cccc(-c2cc(C)cc(Nc3nccc(C(F)(F)F)n3)c2)c1. The topological polar surface area (TPSA) is 93.2 Å². The predicted octanol–water partition coefficient (Wildman–Crippen LogP) is 4.12. The maximum Gasteiger partial charge on any atom is 0.433 e. The van der Waals surface area contributed by atoms with Crippen LogP contribution in [0.3, 0.4) is 0 Å². The molecule has 1 heterocycles. The minimum absolute atomic E-state index is 0.188. The molecule has 3 rings (SSSR count). The zero-order valence-electron chi connectivity index (χ0n) is 17.2. The number of rotatable bonds is 6. The van der Waals surface area contributed by atoms with Crippen LogP contribution in [0.2, 0.25) is 0 Å². The Morgan fingerprint density at radius 2 is 1.84 bits per heavy atom. The molecule has 0 saturated carbocycles. The summed E-state index contributed by atoms with van der Waals surface area (Å²) in [4.78, 5) is 30.9. The zero-order valence-corrected chi connectivity index (χ0v) is 17.2. The molecule has 0 spiro atoms. The summed E-state index contributed by atoms with van der Waals surface area (Å²) in [7, 11) is 1.23. The zero-order chi connectivity index (χ0) is 23.3. The number of aryl methyl sites for hydroxylation is 1. The lowest BCUT2D eigenvalue weighted by Gasteiger charge is -2.12. The van der Waals surface area contributed by atoms with Crippen LogP contribution in [0.25, 0.3) is 11.1 Å². The van der Waals surface area contributed by atoms with E-state index in [2.05, 4.69) is 25.3 Å². The Kier molecular flexibility index (Phi) is 6.72. The number of alkyl halides is 3. The molecular weight excluding hydrogens is 425 g/mol. The van der Waals surface area contributed by atoms with Crippen molar-refractivity contribution in [3.05, 3.63) is 71.5 Å². The molecule has 166 valence electrons. The Morgan fingerprint density at radius 3 is 2.56 bits per heavy atom. The third-order valence-corrected chi connectivity index (χ3v) is 4.36. The Labute approximate surface area is 181 Å². The van der Waals surface area contributed by atoms with Gasteiger partial charge >= 0.3 is 12.1 Å². The van der Waals surface area contributed by atoms with Crippen LogP contribution in [0, 0.1) is 6.92 Å². The van der Waals surface area contributed by atoms with Crippen LogP contribution in [0.15, 0.2) is 54.7 Å². The molecule has 0 unspecified atom stereocenters. The first-order valence-corrected chi connectivity index (χ1v) is 9.40. The second-order valence-electron chi connectivity index (χ2n) is 6.82. The fraction of sp³-hybridized carbons (Fsp3) is 0.182. The van der Waals surface area contributed by atoms with Gasteiger partial charge in [0, 0.05) is 17.4 Å². The van der Waals surface area contributed by atoms with E-state index in [0.717, 1.165) is 23.4 Å². The molecule has 1 aromatic heterocycles. The van der Waals surface area contributed by atoms with Crippen LogP contribution in [0.1, 0.15) is 21.6 Å². The smallest absolute Gasteiger partial charge is 0.433 e. The average molecular weight is 444 g/mol. The van der Waals surface area contributed by atoms with Gasteiger partial charge in [-0.05, 0) is 53.9 Å². The van der Waals surface area contributed by atoms with Crippen LogP contribution in [0.5, 0.6) is 0 Å². The number of hydrogen-bond acceptors (Lipinski definition) is 6. The van der Waals surface area contributed by atoms with Crippen molar-refractivity contribution in [3.8, 4) is 11.1 Å². The molecule has 32 heavy (non-hydrogen) atoms. The predicted molar refractivity (Wildman–Crippen MR) is 111 cm³/mol. The monoisotopic (exact) mass is 444 g/mol. The van der Waals surface area contributed by atoms with Crippen LogP contribution in [-0.4, -0.2) is 35.5 Å². The summed E-state index contributed by atoms with van der Waals surface area (Å²) in [5.74, 6) is -1.20. The van der Waals surface area contributed by atoms with Gasteiger partial charge in [0.05, 0.1) is 7.11 Å². The Bertz CT molecular complexity index is 1150. The minimum Gasteiger partial charge on any atom is -0.468 e. The van der Waals surface area contributed by atoms with E-state index >= 15 is 0 Å². The maximum absolute atomic E-state index is 12.9. The first-order chi connectivity index (χ1) is 15.2. The molecule has 2 N–H and O–H groups in total. The molecule has 0 fully saturated rings. The van der Waals surface area contributed by atoms with E-state index < -0.39 is 23.7 Å². The van der Waals surface area contributed by atoms with Gasteiger partial charge in [-0.15, -0.1) is 0 Å². The van der Waals surface area contributed by atoms with Gasteiger partial charge in [0.15, 0.2) is 0 Å². The van der Waals surface area contributed by atoms with E-state index in [4.69, 9.17) is 0 Å². The number of halogens is 3. The lowest BCUT2D eigenvalue weighted by atomic mass is 10.0. The lowest BCUT2D eigenvalue weighted by Crippen LogP contribution is -2.30. The van der Waals surface area contributed by atoms with Crippen molar-refractivity contribution in [2.75, 3.05) is 19.0 Å². The van der Waals surface area contributed by atoms with E-state index in [9.17, 15) is 22.8 Å². The second kappa shape index (κ2) is 9.46. The van der Waals surface area contributed by atoms with Gasteiger partial charge in [-0.3, -0.25) is 9.59 Å². The van der Waals surface area contributed by atoms with Crippen LogP contribution >= 0.6 is 0 Å². The van der Waals surface area contributed by atoms with Gasteiger partial charge in [-0.2, -0.15) is 13.2 Å². The third kappa shape index (κ3) is 5.81. The van der Waals surface area contributed by atoms with Crippen LogP contribution in [-0.2, 0) is 15.7 Å². The number of hydrogen-bond donors (Lipinski definition) is 2. The van der Waals surface area contributed by atoms with Crippen LogP contribution < -0.4 is 10.6 Å². The molecule has 2 aromatic carbocycles. The molecule has 3 aromatic rings. The number of ether oxygens (including phenoxy) is 1. The molecule has 1 amide bonds. The average Bonchev–Trinajstić information content (AvgIpc) is 2.76. The fourth-order valence-corrected chi connectivity index (χ4v) is 2.89. The number of carbonyl (C=O) groups is 2. The molecule has 7 nitrogen and oxygen atoms in total. The van der Waals surface area contributed by atoms with E-state index in [0.29, 0.717) is 16.8 Å². The minimum atomic E-state index is -4.58. The number of benzene rings is 2. The highest BCUT2D eigenvalue weighted by atomic mass is 19.4. The normalized spacial score (nSPS) is 11.0. The molecule has 0 radical (unpaired) electrons. The van der Waals surface area contributed by atoms with Crippen molar-refractivity contribution in [2.45, 2.75) is 13.1 Å². The van der Waals surface area contributed by atoms with Gasteiger partial charge in [-0.25, -0.2) is 9.97 Å². The summed E-state index contributed by atoms with van der Waals surface area (Å²) in [5, 5.41) is 5.26. The van der Waals surface area contributed by atoms with Crippen molar-refractivity contribution in [2.24, 2.45) is 0 Å². The number of nitrogens with zero attached hydrogens (tertiary/aromatic N) is 2. The lowest BCUT2D eigenvalue weighted by molar-refractivity contribution is -0.141. The molecule has 0 aliphatic carbocycles. The molecule has 0 saturated heterocycles. The third-order valence-electron chi connectivity index (χ3n) is 4.36. The molecule has 10 heteroatoms. The number of aromatic nitrogens is 2. The number of anilines is 2. The summed E-state index contributed by atoms with van der Waals surface area (Å²) in [6, 6.07) is 12.8. The van der Waals surface area contributed by atoms with E-state index in [-0.39, 0.29) is 12.5 Å². The van der Waals surface area contributed by atoms with E-state index in [1.54, 1.807) is 36.4 Å². The summed E-state index contributed by atoms with van der Waals surface area (Å²) < 4.78 is 43.2. The van der Waals surface area contributed by atoms with E-state index in [1.807, 2.05) is 13.0 Å². The van der Waals surface area contributed by atoms with Crippen molar-refractivity contribution in [3.63, 3.8) is 0 Å². The number of amides is 1. The maximum atomic E-state index is 12.9. The first-order valence-electron chi connectivity index (χ1n) is 9.40. The molecule has 0 atom stereocenters. The number of methoxy groups -OCH3 is 1. The summed E-state index contributed by atoms with van der Waals surface area (Å²) in [5.41, 5.74) is 2.03. The molecular formula is C22H19F3N4O3. The quantitative estimate of drug-likeness (QED) is 0.556. The second-order valence-corrected chi connectivity index (χ2v) is 6.82. The van der Waals surface area contributed by atoms with Crippen LogP contribution in [0.4, 0.5) is 24.8 Å². The summed E-state index contributed by atoms with van der Waals surface area (Å²) in [6.07, 6.45) is -3.54. The summed E-state index contributed by atoms with van der Waals surface area (Å²) in [6.45, 7) is 1.57. The van der Waals surface area contributed by atoms with Gasteiger partial charge in [-0.1, -0.05) is 18.2 Å². The van der Waals surface area contributed by atoms with Gasteiger partial charge in [0.2, 0.25) is 5.95 Å². The summed E-state index contributed by atoms with van der Waals surface area (Å²) >= 11 is 0. The van der Waals surface area contributed by atoms with Crippen molar-refractivity contribution in [1.82, 2.24) is 15.3 Å². The molecule has 0 bridgehead atoms. The van der Waals surface area contributed by atoms with Crippen molar-refractivity contribution in [1.29, 1.82) is 0 Å². The fourth-order valence-electron chi connectivity index (χ4n) is 2.89. The highest BCUT2D eigenvalue weighted by molar-refractivity contribution is 5.97. The Hall–Kier alpha value is -3.95. The van der Waals surface area contributed by atoms with E-state index in [1.165, 1.54) is 7.11 Å².